The molecule has 1 unspecified atom stereocenters. The third-order valence-electron chi connectivity index (χ3n) is 3.58. The molecule has 0 bridgehead atoms. The average molecular weight is 239 g/mol. The van der Waals surface area contributed by atoms with Crippen LogP contribution in [0.15, 0.2) is 12.1 Å². The molecule has 0 radical (unpaired) electrons. The van der Waals surface area contributed by atoms with Gasteiger partial charge in [-0.2, -0.15) is 0 Å². The van der Waals surface area contributed by atoms with Crippen LogP contribution in [0.3, 0.4) is 0 Å². The molecular weight excluding hydrogens is 217 g/mol. The summed E-state index contributed by atoms with van der Waals surface area (Å²) in [7, 11) is 3.76. The van der Waals surface area contributed by atoms with Crippen molar-refractivity contribution in [1.82, 2.24) is 4.90 Å². The van der Waals surface area contributed by atoms with E-state index in [0.29, 0.717) is 5.56 Å². The number of aryl methyl sites for hydroxylation is 2. The minimum absolute atomic E-state index is 0.329. The Hall–Kier alpha value is -0.930. The predicted molar refractivity (Wildman–Crippen MR) is 68.6 cm³/mol. The van der Waals surface area contributed by atoms with Gasteiger partial charge in [0.2, 0.25) is 0 Å². The maximum Gasteiger partial charge on any atom is 0.129 e. The van der Waals surface area contributed by atoms with Crippen LogP contribution < -0.4 is 0 Å². The van der Waals surface area contributed by atoms with Gasteiger partial charge in [-0.25, -0.2) is 4.39 Å². The van der Waals surface area contributed by atoms with Gasteiger partial charge >= 0.3 is 0 Å². The first-order chi connectivity index (χ1) is 7.67. The summed E-state index contributed by atoms with van der Waals surface area (Å²) in [4.78, 5) is 1.90. The quantitative estimate of drug-likeness (QED) is 0.876. The molecule has 0 saturated heterocycles. The Kier molecular flexibility index (Phi) is 3.95. The second kappa shape index (κ2) is 4.75. The zero-order chi connectivity index (χ0) is 13.4. The lowest BCUT2D eigenvalue weighted by Crippen LogP contribution is -2.44. The zero-order valence-corrected chi connectivity index (χ0v) is 11.5. The van der Waals surface area contributed by atoms with E-state index in [1.807, 2.05) is 52.8 Å². The monoisotopic (exact) mass is 239 g/mol. The van der Waals surface area contributed by atoms with Crippen LogP contribution in [0.4, 0.5) is 4.39 Å². The van der Waals surface area contributed by atoms with E-state index in [9.17, 15) is 9.50 Å². The highest BCUT2D eigenvalue weighted by molar-refractivity contribution is 5.35. The van der Waals surface area contributed by atoms with Crippen molar-refractivity contribution in [3.05, 3.63) is 34.6 Å². The van der Waals surface area contributed by atoms with Crippen LogP contribution in [0.2, 0.25) is 0 Å². The summed E-state index contributed by atoms with van der Waals surface area (Å²) in [5.74, 6) is -0.329. The third kappa shape index (κ3) is 2.67. The number of halogens is 1. The zero-order valence-electron chi connectivity index (χ0n) is 11.5. The lowest BCUT2D eigenvalue weighted by molar-refractivity contribution is 0.0138. The number of benzene rings is 1. The molecule has 0 amide bonds. The molecule has 0 spiro atoms. The lowest BCUT2D eigenvalue weighted by atomic mass is 9.87. The van der Waals surface area contributed by atoms with Crippen LogP contribution >= 0.6 is 0 Å². The largest absolute Gasteiger partial charge is 0.386 e. The first-order valence-corrected chi connectivity index (χ1v) is 5.80. The van der Waals surface area contributed by atoms with Gasteiger partial charge in [-0.3, -0.25) is 0 Å². The van der Waals surface area contributed by atoms with Crippen molar-refractivity contribution in [3.8, 4) is 0 Å². The van der Waals surface area contributed by atoms with Crippen LogP contribution in [0.5, 0.6) is 0 Å². The molecule has 1 rings (SSSR count). The molecule has 3 heteroatoms. The fourth-order valence-electron chi connectivity index (χ4n) is 1.87. The summed E-state index contributed by atoms with van der Waals surface area (Å²) < 4.78 is 14.0. The van der Waals surface area contributed by atoms with E-state index in [-0.39, 0.29) is 5.82 Å². The highest BCUT2D eigenvalue weighted by Crippen LogP contribution is 2.33. The molecule has 0 aliphatic carbocycles. The molecule has 1 aromatic carbocycles. The van der Waals surface area contributed by atoms with Gasteiger partial charge in [-0.1, -0.05) is 6.07 Å². The maximum atomic E-state index is 14.0. The summed E-state index contributed by atoms with van der Waals surface area (Å²) in [5.41, 5.74) is 1.55. The number of rotatable bonds is 3. The second-order valence-electron chi connectivity index (χ2n) is 5.43. The number of likely N-dealkylation sites (N-methyl/N-ethyl adjacent to an activating group) is 1. The Morgan fingerprint density at radius 3 is 2.18 bits per heavy atom. The standard InChI is InChI=1S/C14H22FNO/c1-9-7-10(2)12(11(15)8-9)13(17)14(3,4)16(5)6/h7-8,13,17H,1-6H3. The summed E-state index contributed by atoms with van der Waals surface area (Å²) in [5, 5.41) is 10.4. The summed E-state index contributed by atoms with van der Waals surface area (Å²) in [6, 6.07) is 3.37. The molecule has 2 nitrogen and oxygen atoms in total. The molecule has 0 heterocycles. The lowest BCUT2D eigenvalue weighted by Gasteiger charge is -2.38. The maximum absolute atomic E-state index is 14.0. The Labute approximate surface area is 103 Å². The fourth-order valence-corrected chi connectivity index (χ4v) is 1.87. The normalized spacial score (nSPS) is 14.2. The molecule has 1 N–H and O–H groups in total. The van der Waals surface area contributed by atoms with E-state index in [1.165, 1.54) is 6.07 Å². The van der Waals surface area contributed by atoms with Crippen LogP contribution in [-0.2, 0) is 0 Å². The van der Waals surface area contributed by atoms with Crippen LogP contribution in [0.1, 0.15) is 36.6 Å². The van der Waals surface area contributed by atoms with Crippen LogP contribution in [0.25, 0.3) is 0 Å². The molecule has 0 aliphatic rings. The van der Waals surface area contributed by atoms with Gasteiger partial charge in [-0.15, -0.1) is 0 Å². The van der Waals surface area contributed by atoms with Crippen molar-refractivity contribution in [2.75, 3.05) is 14.1 Å². The molecule has 0 saturated carbocycles. The van der Waals surface area contributed by atoms with E-state index < -0.39 is 11.6 Å². The van der Waals surface area contributed by atoms with Crippen molar-refractivity contribution < 1.29 is 9.50 Å². The van der Waals surface area contributed by atoms with E-state index >= 15 is 0 Å². The smallest absolute Gasteiger partial charge is 0.129 e. The number of hydrogen-bond donors (Lipinski definition) is 1. The van der Waals surface area contributed by atoms with Gasteiger partial charge in [0.15, 0.2) is 0 Å². The topological polar surface area (TPSA) is 23.5 Å². The first kappa shape index (κ1) is 14.1. The van der Waals surface area contributed by atoms with Crippen molar-refractivity contribution in [3.63, 3.8) is 0 Å². The van der Waals surface area contributed by atoms with Gasteiger partial charge < -0.3 is 10.0 Å². The summed E-state index contributed by atoms with van der Waals surface area (Å²) >= 11 is 0. The van der Waals surface area contributed by atoms with Crippen LogP contribution in [-0.4, -0.2) is 29.6 Å². The van der Waals surface area contributed by atoms with E-state index in [2.05, 4.69) is 0 Å². The SMILES string of the molecule is Cc1cc(C)c(C(O)C(C)(C)N(C)C)c(F)c1. The van der Waals surface area contributed by atoms with Gasteiger partial charge in [0.25, 0.3) is 0 Å². The van der Waals surface area contributed by atoms with Gasteiger partial charge in [0.05, 0.1) is 6.10 Å². The first-order valence-electron chi connectivity index (χ1n) is 5.80. The molecule has 96 valence electrons. The molecule has 17 heavy (non-hydrogen) atoms. The number of nitrogens with zero attached hydrogens (tertiary/aromatic N) is 1. The fraction of sp³-hybridized carbons (Fsp3) is 0.571. The van der Waals surface area contributed by atoms with Crippen molar-refractivity contribution in [1.29, 1.82) is 0 Å². The highest BCUT2D eigenvalue weighted by Gasteiger charge is 2.33. The Bertz CT molecular complexity index is 390. The van der Waals surface area contributed by atoms with Crippen molar-refractivity contribution in [2.24, 2.45) is 0 Å². The second-order valence-corrected chi connectivity index (χ2v) is 5.43. The Morgan fingerprint density at radius 1 is 1.24 bits per heavy atom. The minimum atomic E-state index is -0.849. The van der Waals surface area contributed by atoms with Crippen LogP contribution in [0, 0.1) is 19.7 Å². The third-order valence-corrected chi connectivity index (χ3v) is 3.58. The molecule has 0 aliphatic heterocycles. The van der Waals surface area contributed by atoms with E-state index in [1.54, 1.807) is 0 Å². The molecule has 1 aromatic rings. The number of aliphatic hydroxyl groups is 1. The van der Waals surface area contributed by atoms with Gasteiger partial charge in [0, 0.05) is 11.1 Å². The van der Waals surface area contributed by atoms with Crippen molar-refractivity contribution in [2.45, 2.75) is 39.3 Å². The minimum Gasteiger partial charge on any atom is -0.386 e. The Balaban J connectivity index is 3.26. The molecule has 1 atom stereocenters. The molecule has 0 fully saturated rings. The summed E-state index contributed by atoms with van der Waals surface area (Å²) in [6.07, 6.45) is -0.849. The van der Waals surface area contributed by atoms with Gasteiger partial charge in [0.1, 0.15) is 5.82 Å². The summed E-state index contributed by atoms with van der Waals surface area (Å²) in [6.45, 7) is 7.48. The number of aliphatic hydroxyl groups excluding tert-OH is 1. The number of hydrogen-bond acceptors (Lipinski definition) is 2. The predicted octanol–water partition coefficient (Wildman–Crippen LogP) is 2.82. The molecule has 0 aromatic heterocycles. The molecular formula is C14H22FNO. The average Bonchev–Trinajstić information content (AvgIpc) is 2.15. The Morgan fingerprint density at radius 2 is 1.76 bits per heavy atom. The highest BCUT2D eigenvalue weighted by atomic mass is 19.1. The van der Waals surface area contributed by atoms with E-state index in [0.717, 1.165) is 11.1 Å². The van der Waals surface area contributed by atoms with E-state index in [4.69, 9.17) is 0 Å². The van der Waals surface area contributed by atoms with Crippen molar-refractivity contribution >= 4 is 0 Å². The van der Waals surface area contributed by atoms with Gasteiger partial charge in [-0.05, 0) is 59.0 Å².